The summed E-state index contributed by atoms with van der Waals surface area (Å²) in [5, 5.41) is 24.6. The van der Waals surface area contributed by atoms with Crippen LogP contribution >= 0.6 is 11.3 Å². The van der Waals surface area contributed by atoms with E-state index in [4.69, 9.17) is 0 Å². The summed E-state index contributed by atoms with van der Waals surface area (Å²) >= 11 is 1.67. The summed E-state index contributed by atoms with van der Waals surface area (Å²) < 4.78 is 0. The lowest BCUT2D eigenvalue weighted by Crippen LogP contribution is -2.48. The number of carbonyl (C=O) groups excluding carboxylic acids is 1. The molecule has 0 spiro atoms. The van der Waals surface area contributed by atoms with Gasteiger partial charge in [-0.25, -0.2) is 0 Å². The van der Waals surface area contributed by atoms with Gasteiger partial charge in [-0.2, -0.15) is 11.3 Å². The zero-order valence-corrected chi connectivity index (χ0v) is 13.7. The van der Waals surface area contributed by atoms with Crippen LogP contribution in [-0.4, -0.2) is 51.9 Å². The highest BCUT2D eigenvalue weighted by Crippen LogP contribution is 2.27. The fourth-order valence-electron chi connectivity index (χ4n) is 2.74. The minimum atomic E-state index is -0.674. The van der Waals surface area contributed by atoms with Gasteiger partial charge in [0, 0.05) is 44.4 Å². The summed E-state index contributed by atoms with van der Waals surface area (Å²) in [5.41, 5.74) is 1.15. The van der Waals surface area contributed by atoms with Gasteiger partial charge in [0.05, 0.1) is 4.92 Å². The maximum absolute atomic E-state index is 12.5. The Hall–Kier alpha value is -2.45. The number of carbonyl (C=O) groups is 1. The Balaban J connectivity index is 1.61. The highest BCUT2D eigenvalue weighted by Gasteiger charge is 2.24. The van der Waals surface area contributed by atoms with E-state index < -0.39 is 16.4 Å². The van der Waals surface area contributed by atoms with Gasteiger partial charge in [0.15, 0.2) is 5.75 Å². The topological polar surface area (TPSA) is 86.9 Å². The Morgan fingerprint density at radius 1 is 1.25 bits per heavy atom. The van der Waals surface area contributed by atoms with Gasteiger partial charge in [0.1, 0.15) is 0 Å². The van der Waals surface area contributed by atoms with Crippen molar-refractivity contribution in [3.8, 4) is 5.75 Å². The number of aromatic hydroxyl groups is 1. The van der Waals surface area contributed by atoms with E-state index in [1.165, 1.54) is 11.6 Å². The lowest BCUT2D eigenvalue weighted by molar-refractivity contribution is -0.385. The molecule has 0 bridgehead atoms. The molecule has 1 aliphatic rings. The van der Waals surface area contributed by atoms with Crippen molar-refractivity contribution in [1.29, 1.82) is 0 Å². The number of phenolic OH excluding ortho intramolecular Hbond substituents is 1. The van der Waals surface area contributed by atoms with Crippen LogP contribution in [0.25, 0.3) is 0 Å². The molecular formula is C16H17N3O4S. The summed E-state index contributed by atoms with van der Waals surface area (Å²) in [5.74, 6) is -0.697. The van der Waals surface area contributed by atoms with E-state index >= 15 is 0 Å². The van der Waals surface area contributed by atoms with Crippen LogP contribution in [-0.2, 0) is 6.54 Å². The maximum Gasteiger partial charge on any atom is 0.310 e. The molecule has 1 aliphatic heterocycles. The van der Waals surface area contributed by atoms with Crippen molar-refractivity contribution in [2.24, 2.45) is 0 Å². The molecule has 0 unspecified atom stereocenters. The predicted molar refractivity (Wildman–Crippen MR) is 90.3 cm³/mol. The molecule has 1 aromatic carbocycles. The lowest BCUT2D eigenvalue weighted by atomic mass is 10.1. The Labute approximate surface area is 142 Å². The second-order valence-electron chi connectivity index (χ2n) is 5.66. The number of nitrogens with zero attached hydrogens (tertiary/aromatic N) is 3. The van der Waals surface area contributed by atoms with Crippen molar-refractivity contribution in [2.75, 3.05) is 26.2 Å². The third-order valence-electron chi connectivity index (χ3n) is 4.06. The minimum Gasteiger partial charge on any atom is -0.502 e. The molecule has 0 atom stereocenters. The van der Waals surface area contributed by atoms with Crippen LogP contribution in [0.5, 0.6) is 5.75 Å². The molecule has 1 N–H and O–H groups in total. The van der Waals surface area contributed by atoms with E-state index in [2.05, 4.69) is 21.7 Å². The third kappa shape index (κ3) is 3.55. The van der Waals surface area contributed by atoms with Crippen molar-refractivity contribution >= 4 is 22.9 Å². The molecule has 1 aromatic heterocycles. The first-order valence-corrected chi connectivity index (χ1v) is 8.49. The Morgan fingerprint density at radius 3 is 2.58 bits per heavy atom. The molecule has 3 rings (SSSR count). The van der Waals surface area contributed by atoms with Crippen molar-refractivity contribution in [3.63, 3.8) is 0 Å². The van der Waals surface area contributed by atoms with E-state index in [1.807, 2.05) is 0 Å². The van der Waals surface area contributed by atoms with Crippen molar-refractivity contribution in [2.45, 2.75) is 6.54 Å². The number of nitro benzene ring substituents is 1. The number of phenols is 1. The number of thiophene rings is 1. The minimum absolute atomic E-state index is 0.213. The molecule has 126 valence electrons. The summed E-state index contributed by atoms with van der Waals surface area (Å²) in [6.07, 6.45) is 0. The summed E-state index contributed by atoms with van der Waals surface area (Å²) in [6.45, 7) is 3.63. The number of amides is 1. The molecule has 24 heavy (non-hydrogen) atoms. The Kier molecular flexibility index (Phi) is 4.77. The van der Waals surface area contributed by atoms with Crippen LogP contribution in [0.2, 0.25) is 0 Å². The first-order chi connectivity index (χ1) is 11.5. The summed E-state index contributed by atoms with van der Waals surface area (Å²) in [7, 11) is 0. The number of rotatable bonds is 4. The molecule has 7 nitrogen and oxygen atoms in total. The summed E-state index contributed by atoms with van der Waals surface area (Å²) in [6, 6.07) is 5.81. The Morgan fingerprint density at radius 2 is 2.00 bits per heavy atom. The van der Waals surface area contributed by atoms with Crippen molar-refractivity contribution < 1.29 is 14.8 Å². The molecule has 1 amide bonds. The van der Waals surface area contributed by atoms with Crippen LogP contribution in [0, 0.1) is 10.1 Å². The number of benzene rings is 1. The second-order valence-corrected chi connectivity index (χ2v) is 6.44. The van der Waals surface area contributed by atoms with Gasteiger partial charge in [-0.3, -0.25) is 19.8 Å². The standard InChI is InChI=1S/C16H17N3O4S/c20-15-9-13(1-2-14(15)19(22)23)16(21)18-6-4-17(5-7-18)10-12-3-8-24-11-12/h1-3,8-9,11,20H,4-7,10H2. The molecule has 2 heterocycles. The van der Waals surface area contributed by atoms with E-state index in [0.29, 0.717) is 13.1 Å². The smallest absolute Gasteiger partial charge is 0.310 e. The van der Waals surface area contributed by atoms with E-state index in [9.17, 15) is 20.0 Å². The third-order valence-corrected chi connectivity index (χ3v) is 4.80. The zero-order valence-electron chi connectivity index (χ0n) is 12.9. The van der Waals surface area contributed by atoms with Crippen molar-refractivity contribution in [1.82, 2.24) is 9.80 Å². The number of nitro groups is 1. The van der Waals surface area contributed by atoms with Gasteiger partial charge in [-0.15, -0.1) is 0 Å². The SMILES string of the molecule is O=C(c1ccc([N+](=O)[O-])c(O)c1)N1CCN(Cc2ccsc2)CC1. The largest absolute Gasteiger partial charge is 0.502 e. The number of piperazine rings is 1. The molecule has 0 radical (unpaired) electrons. The maximum atomic E-state index is 12.5. The van der Waals surface area contributed by atoms with Crippen LogP contribution in [0.4, 0.5) is 5.69 Å². The zero-order chi connectivity index (χ0) is 17.1. The number of hydrogen-bond acceptors (Lipinski definition) is 6. The molecule has 1 saturated heterocycles. The second kappa shape index (κ2) is 6.98. The van der Waals surface area contributed by atoms with Gasteiger partial charge in [-0.05, 0) is 34.5 Å². The molecule has 0 aliphatic carbocycles. The lowest BCUT2D eigenvalue weighted by Gasteiger charge is -2.34. The fourth-order valence-corrected chi connectivity index (χ4v) is 3.40. The average Bonchev–Trinajstić information content (AvgIpc) is 3.07. The number of hydrogen-bond donors (Lipinski definition) is 1. The molecule has 1 fully saturated rings. The molecular weight excluding hydrogens is 330 g/mol. The van der Waals surface area contributed by atoms with Gasteiger partial charge in [0.2, 0.25) is 0 Å². The van der Waals surface area contributed by atoms with Gasteiger partial charge < -0.3 is 10.0 Å². The molecule has 8 heteroatoms. The quantitative estimate of drug-likeness (QED) is 0.677. The first-order valence-electron chi connectivity index (χ1n) is 7.54. The highest BCUT2D eigenvalue weighted by atomic mass is 32.1. The molecule has 2 aromatic rings. The van der Waals surface area contributed by atoms with Crippen molar-refractivity contribution in [3.05, 3.63) is 56.3 Å². The van der Waals surface area contributed by atoms with Crippen LogP contribution in [0.1, 0.15) is 15.9 Å². The van der Waals surface area contributed by atoms with Gasteiger partial charge >= 0.3 is 5.69 Å². The fraction of sp³-hybridized carbons (Fsp3) is 0.312. The first kappa shape index (κ1) is 16.4. The molecule has 0 saturated carbocycles. The predicted octanol–water partition coefficient (Wildman–Crippen LogP) is 2.32. The van der Waals surface area contributed by atoms with E-state index in [-0.39, 0.29) is 11.5 Å². The van der Waals surface area contributed by atoms with E-state index in [1.54, 1.807) is 16.2 Å². The normalized spacial score (nSPS) is 15.4. The van der Waals surface area contributed by atoms with Gasteiger partial charge in [-0.1, -0.05) is 0 Å². The summed E-state index contributed by atoms with van der Waals surface area (Å²) in [4.78, 5) is 26.5. The monoisotopic (exact) mass is 347 g/mol. The van der Waals surface area contributed by atoms with Crippen LogP contribution in [0.3, 0.4) is 0 Å². The van der Waals surface area contributed by atoms with Crippen LogP contribution < -0.4 is 0 Å². The van der Waals surface area contributed by atoms with Gasteiger partial charge in [0.25, 0.3) is 5.91 Å². The van der Waals surface area contributed by atoms with Crippen LogP contribution in [0.15, 0.2) is 35.0 Å². The highest BCUT2D eigenvalue weighted by molar-refractivity contribution is 7.07. The van der Waals surface area contributed by atoms with E-state index in [0.717, 1.165) is 31.8 Å². The Bertz CT molecular complexity index is 740. The average molecular weight is 347 g/mol.